The molecule has 1 aliphatic carbocycles. The molecular weight excluding hydrogens is 416 g/mol. The second-order valence-electron chi connectivity index (χ2n) is 9.06. The third-order valence-electron chi connectivity index (χ3n) is 6.74. The summed E-state index contributed by atoms with van der Waals surface area (Å²) in [5, 5.41) is 7.96. The number of aromatic nitrogens is 3. The minimum atomic E-state index is 0.147. The molecule has 1 amide bonds. The number of aromatic amines is 1. The van der Waals surface area contributed by atoms with Crippen LogP contribution in [0.4, 0.5) is 23.1 Å². The maximum absolute atomic E-state index is 11.5. The van der Waals surface area contributed by atoms with Crippen molar-refractivity contribution in [2.45, 2.75) is 44.7 Å². The third kappa shape index (κ3) is 4.88. The third-order valence-corrected chi connectivity index (χ3v) is 6.74. The molecule has 9 heteroatoms. The number of hydrogen-bond donors (Lipinski definition) is 4. The van der Waals surface area contributed by atoms with Gasteiger partial charge in [-0.25, -0.2) is 0 Å². The van der Waals surface area contributed by atoms with Gasteiger partial charge < -0.3 is 31.2 Å². The molecule has 0 atom stereocenters. The molecule has 5 rings (SSSR count). The van der Waals surface area contributed by atoms with E-state index in [0.29, 0.717) is 18.0 Å². The lowest BCUT2D eigenvalue weighted by atomic mass is 9.92. The first-order valence-corrected chi connectivity index (χ1v) is 11.8. The molecule has 1 aliphatic heterocycles. The van der Waals surface area contributed by atoms with Gasteiger partial charge in [0.25, 0.3) is 0 Å². The molecule has 0 radical (unpaired) electrons. The summed E-state index contributed by atoms with van der Waals surface area (Å²) in [5.74, 6) is 1.56. The van der Waals surface area contributed by atoms with Crippen LogP contribution in [0, 0.1) is 0 Å². The number of anilines is 4. The molecule has 1 aromatic carbocycles. The molecule has 5 N–H and O–H groups in total. The molecule has 3 heterocycles. The fraction of sp³-hybridized carbons (Fsp3) is 0.458. The molecule has 174 valence electrons. The molecule has 2 aliphatic rings. The largest absolute Gasteiger partial charge is 0.368 e. The number of H-pyrrole nitrogens is 1. The summed E-state index contributed by atoms with van der Waals surface area (Å²) in [5.41, 5.74) is 8.96. The predicted molar refractivity (Wildman–Crippen MR) is 132 cm³/mol. The summed E-state index contributed by atoms with van der Waals surface area (Å²) >= 11 is 0. The number of carbonyl (C=O) groups excluding carboxylic acids is 1. The molecule has 1 saturated carbocycles. The van der Waals surface area contributed by atoms with E-state index in [2.05, 4.69) is 37.6 Å². The SMILES string of the molecule is CC(=O)N1CCN(c2ccc(Nc3nc(NC4CCC(N)CC4)c4cc[nH]c4n3)cc2)CC1. The van der Waals surface area contributed by atoms with Gasteiger partial charge in [-0.05, 0) is 56.0 Å². The van der Waals surface area contributed by atoms with E-state index in [1.807, 2.05) is 29.3 Å². The van der Waals surface area contributed by atoms with Crippen LogP contribution in [0.1, 0.15) is 32.6 Å². The molecule has 0 bridgehead atoms. The highest BCUT2D eigenvalue weighted by atomic mass is 16.2. The zero-order valence-electron chi connectivity index (χ0n) is 19.1. The van der Waals surface area contributed by atoms with Gasteiger partial charge in [0.05, 0.1) is 5.39 Å². The van der Waals surface area contributed by atoms with Crippen molar-refractivity contribution in [3.63, 3.8) is 0 Å². The van der Waals surface area contributed by atoms with Crippen LogP contribution in [-0.4, -0.2) is 64.0 Å². The lowest BCUT2D eigenvalue weighted by molar-refractivity contribution is -0.129. The molecule has 3 aromatic rings. The Kier molecular flexibility index (Phi) is 6.04. The van der Waals surface area contributed by atoms with Crippen LogP contribution in [0.3, 0.4) is 0 Å². The van der Waals surface area contributed by atoms with Crippen molar-refractivity contribution in [3.8, 4) is 0 Å². The van der Waals surface area contributed by atoms with E-state index in [1.165, 1.54) is 0 Å². The van der Waals surface area contributed by atoms with Crippen molar-refractivity contribution in [2.75, 3.05) is 41.7 Å². The summed E-state index contributed by atoms with van der Waals surface area (Å²) < 4.78 is 0. The maximum Gasteiger partial charge on any atom is 0.231 e. The van der Waals surface area contributed by atoms with E-state index in [9.17, 15) is 4.79 Å². The van der Waals surface area contributed by atoms with Crippen LogP contribution in [-0.2, 0) is 4.79 Å². The monoisotopic (exact) mass is 448 g/mol. The predicted octanol–water partition coefficient (Wildman–Crippen LogP) is 3.05. The highest BCUT2D eigenvalue weighted by molar-refractivity contribution is 5.88. The van der Waals surface area contributed by atoms with Crippen LogP contribution < -0.4 is 21.3 Å². The first kappa shape index (κ1) is 21.5. The Morgan fingerprint density at radius 3 is 2.45 bits per heavy atom. The van der Waals surface area contributed by atoms with Gasteiger partial charge in [-0.2, -0.15) is 9.97 Å². The van der Waals surface area contributed by atoms with Gasteiger partial charge >= 0.3 is 0 Å². The van der Waals surface area contributed by atoms with Gasteiger partial charge in [-0.3, -0.25) is 4.79 Å². The fourth-order valence-electron chi connectivity index (χ4n) is 4.73. The van der Waals surface area contributed by atoms with Gasteiger partial charge in [0, 0.05) is 62.8 Å². The Morgan fingerprint density at radius 1 is 1.03 bits per heavy atom. The highest BCUT2D eigenvalue weighted by Gasteiger charge is 2.21. The summed E-state index contributed by atoms with van der Waals surface area (Å²) in [4.78, 5) is 28.4. The van der Waals surface area contributed by atoms with Crippen molar-refractivity contribution in [2.24, 2.45) is 5.73 Å². The lowest BCUT2D eigenvalue weighted by Crippen LogP contribution is -2.48. The number of nitrogens with zero attached hydrogens (tertiary/aromatic N) is 4. The van der Waals surface area contributed by atoms with Gasteiger partial charge in [-0.1, -0.05) is 0 Å². The summed E-state index contributed by atoms with van der Waals surface area (Å²) in [6.07, 6.45) is 6.09. The zero-order chi connectivity index (χ0) is 22.8. The number of piperazine rings is 1. The van der Waals surface area contributed by atoms with E-state index < -0.39 is 0 Å². The smallest absolute Gasteiger partial charge is 0.231 e. The Hall–Kier alpha value is -3.33. The quantitative estimate of drug-likeness (QED) is 0.474. The van der Waals surface area contributed by atoms with Crippen molar-refractivity contribution in [1.29, 1.82) is 0 Å². The number of nitrogens with one attached hydrogen (secondary N) is 3. The summed E-state index contributed by atoms with van der Waals surface area (Å²) in [6.45, 7) is 4.86. The summed E-state index contributed by atoms with van der Waals surface area (Å²) in [6, 6.07) is 11.0. The molecule has 2 aromatic heterocycles. The van der Waals surface area contributed by atoms with Gasteiger partial charge in [0.15, 0.2) is 0 Å². The average Bonchev–Trinajstić information content (AvgIpc) is 3.30. The molecule has 0 spiro atoms. The average molecular weight is 449 g/mol. The Balaban J connectivity index is 1.27. The minimum Gasteiger partial charge on any atom is -0.368 e. The van der Waals surface area contributed by atoms with E-state index in [0.717, 1.165) is 80.1 Å². The molecule has 33 heavy (non-hydrogen) atoms. The maximum atomic E-state index is 11.5. The number of fused-ring (bicyclic) bond motifs is 1. The fourth-order valence-corrected chi connectivity index (χ4v) is 4.73. The van der Waals surface area contributed by atoms with Crippen molar-refractivity contribution >= 4 is 40.1 Å². The summed E-state index contributed by atoms with van der Waals surface area (Å²) in [7, 11) is 0. The number of benzene rings is 1. The molecule has 1 saturated heterocycles. The number of nitrogens with two attached hydrogens (primary N) is 1. The van der Waals surface area contributed by atoms with Gasteiger partial charge in [0.1, 0.15) is 11.5 Å². The van der Waals surface area contributed by atoms with Gasteiger partial charge in [0.2, 0.25) is 11.9 Å². The second-order valence-corrected chi connectivity index (χ2v) is 9.06. The van der Waals surface area contributed by atoms with Crippen LogP contribution in [0.15, 0.2) is 36.5 Å². The van der Waals surface area contributed by atoms with E-state index >= 15 is 0 Å². The number of amides is 1. The Bertz CT molecular complexity index is 1100. The second kappa shape index (κ2) is 9.27. The van der Waals surface area contributed by atoms with E-state index in [4.69, 9.17) is 10.7 Å². The minimum absolute atomic E-state index is 0.147. The standard InChI is InChI=1S/C24H32N8O/c1-16(33)31-12-14-32(15-13-31)20-8-6-19(7-9-20)28-24-29-22-21(10-11-26-22)23(30-24)27-18-4-2-17(25)3-5-18/h6-11,17-18H,2-5,12-15,25H2,1H3,(H3,26,27,28,29,30). The molecule has 2 fully saturated rings. The topological polar surface area (TPSA) is 115 Å². The number of hydrogen-bond acceptors (Lipinski definition) is 7. The van der Waals surface area contributed by atoms with Crippen LogP contribution >= 0.6 is 0 Å². The normalized spacial score (nSPS) is 21.3. The van der Waals surface area contributed by atoms with E-state index in [1.54, 1.807) is 6.92 Å². The molecule has 9 nitrogen and oxygen atoms in total. The van der Waals surface area contributed by atoms with Crippen LogP contribution in [0.5, 0.6) is 0 Å². The Labute approximate surface area is 193 Å². The number of carbonyl (C=O) groups is 1. The molecule has 0 unspecified atom stereocenters. The van der Waals surface area contributed by atoms with E-state index in [-0.39, 0.29) is 5.91 Å². The van der Waals surface area contributed by atoms with Crippen LogP contribution in [0.2, 0.25) is 0 Å². The van der Waals surface area contributed by atoms with Crippen molar-refractivity contribution in [3.05, 3.63) is 36.5 Å². The molecular formula is C24H32N8O. The first-order valence-electron chi connectivity index (χ1n) is 11.8. The Morgan fingerprint density at radius 2 is 1.76 bits per heavy atom. The van der Waals surface area contributed by atoms with Crippen molar-refractivity contribution in [1.82, 2.24) is 19.9 Å². The van der Waals surface area contributed by atoms with Gasteiger partial charge in [-0.15, -0.1) is 0 Å². The first-order chi connectivity index (χ1) is 16.0. The van der Waals surface area contributed by atoms with Crippen molar-refractivity contribution < 1.29 is 4.79 Å². The van der Waals surface area contributed by atoms with Crippen LogP contribution in [0.25, 0.3) is 11.0 Å². The zero-order valence-corrected chi connectivity index (χ0v) is 19.1. The number of rotatable bonds is 5. The highest BCUT2D eigenvalue weighted by Crippen LogP contribution is 2.27. The lowest BCUT2D eigenvalue weighted by Gasteiger charge is -2.35.